The summed E-state index contributed by atoms with van der Waals surface area (Å²) >= 11 is 0. The number of ether oxygens (including phenoxy) is 1. The summed E-state index contributed by atoms with van der Waals surface area (Å²) in [5, 5.41) is 8.89. The average molecular weight is 330 g/mol. The van der Waals surface area contributed by atoms with Gasteiger partial charge in [-0.1, -0.05) is 12.1 Å². The Morgan fingerprint density at radius 2 is 2.00 bits per heavy atom. The number of anilines is 3. The molecule has 3 N–H and O–H groups in total. The number of para-hydroxylation sites is 2. The number of nitrogens with zero attached hydrogens (tertiary/aromatic N) is 4. The molecule has 2 aromatic heterocycles. The van der Waals surface area contributed by atoms with Crippen LogP contribution in [0, 0.1) is 0 Å². The average Bonchev–Trinajstić information content (AvgIpc) is 2.83. The number of aromatic nitrogens is 4. The third-order valence-electron chi connectivity index (χ3n) is 4.25. The second kappa shape index (κ2) is 4.94. The summed E-state index contributed by atoms with van der Waals surface area (Å²) in [4.78, 5) is 8.27. The Morgan fingerprint density at radius 3 is 2.88 bits per heavy atom. The Labute approximate surface area is 143 Å². The molecule has 0 spiro atoms. The Hall–Kier alpha value is -3.61. The topological polar surface area (TPSA) is 90.9 Å². The predicted molar refractivity (Wildman–Crippen MR) is 96.0 cm³/mol. The maximum atomic E-state index is 6.19. The zero-order chi connectivity index (χ0) is 17.0. The standard InChI is InChI=1S/C18H14N6O/c1-24-13-8-10(11-6-7-20-18(19)22-11)9-15-16(13)17(23-24)21-12-4-2-3-5-14(12)25-15/h2-9H,1H3,(H,21,23)(H2,19,20,22). The first-order valence-corrected chi connectivity index (χ1v) is 7.82. The maximum Gasteiger partial charge on any atom is 0.220 e. The van der Waals surface area contributed by atoms with E-state index < -0.39 is 0 Å². The second-order valence-electron chi connectivity index (χ2n) is 5.86. The van der Waals surface area contributed by atoms with Crippen LogP contribution in [0.4, 0.5) is 17.5 Å². The van der Waals surface area contributed by atoms with E-state index >= 15 is 0 Å². The van der Waals surface area contributed by atoms with Gasteiger partial charge in [-0.25, -0.2) is 9.97 Å². The van der Waals surface area contributed by atoms with E-state index in [9.17, 15) is 0 Å². The number of rotatable bonds is 1. The van der Waals surface area contributed by atoms with Crippen molar-refractivity contribution in [1.29, 1.82) is 0 Å². The number of nitrogen functional groups attached to an aromatic ring is 1. The van der Waals surface area contributed by atoms with Gasteiger partial charge in [-0.15, -0.1) is 0 Å². The van der Waals surface area contributed by atoms with Crippen LogP contribution < -0.4 is 15.8 Å². The van der Waals surface area contributed by atoms with E-state index in [1.165, 1.54) is 0 Å². The Kier molecular flexibility index (Phi) is 2.73. The minimum Gasteiger partial charge on any atom is -0.454 e. The molecule has 0 unspecified atom stereocenters. The quantitative estimate of drug-likeness (QED) is 0.489. The van der Waals surface area contributed by atoms with Gasteiger partial charge in [0.1, 0.15) is 5.75 Å². The Bertz CT molecular complexity index is 1130. The lowest BCUT2D eigenvalue weighted by atomic mass is 10.1. The van der Waals surface area contributed by atoms with Gasteiger partial charge in [0.05, 0.1) is 22.3 Å². The van der Waals surface area contributed by atoms with Crippen LogP contribution in [0.5, 0.6) is 11.5 Å². The molecule has 0 bridgehead atoms. The molecule has 1 aliphatic heterocycles. The lowest BCUT2D eigenvalue weighted by Crippen LogP contribution is -1.97. The Morgan fingerprint density at radius 1 is 1.12 bits per heavy atom. The summed E-state index contributed by atoms with van der Waals surface area (Å²) in [5.41, 5.74) is 9.19. The van der Waals surface area contributed by atoms with Crippen molar-refractivity contribution < 1.29 is 4.74 Å². The minimum atomic E-state index is 0.238. The van der Waals surface area contributed by atoms with Crippen molar-refractivity contribution in [3.8, 4) is 22.8 Å². The van der Waals surface area contributed by atoms with Gasteiger partial charge in [0.2, 0.25) is 5.95 Å². The third kappa shape index (κ3) is 2.09. The van der Waals surface area contributed by atoms with Crippen LogP contribution in [0.2, 0.25) is 0 Å². The molecule has 3 heterocycles. The Balaban J connectivity index is 1.79. The fourth-order valence-corrected chi connectivity index (χ4v) is 3.10. The highest BCUT2D eigenvalue weighted by Crippen LogP contribution is 2.44. The first-order chi connectivity index (χ1) is 12.2. The molecule has 0 amide bonds. The molecule has 7 nitrogen and oxygen atoms in total. The van der Waals surface area contributed by atoms with Crippen molar-refractivity contribution in [3.05, 3.63) is 48.7 Å². The largest absolute Gasteiger partial charge is 0.454 e. The molecule has 122 valence electrons. The number of nitrogens with one attached hydrogen (secondary N) is 1. The van der Waals surface area contributed by atoms with E-state index in [-0.39, 0.29) is 5.95 Å². The van der Waals surface area contributed by atoms with Crippen molar-refractivity contribution in [2.75, 3.05) is 11.1 Å². The number of aryl methyl sites for hydroxylation is 1. The van der Waals surface area contributed by atoms with Gasteiger partial charge in [-0.05, 0) is 30.3 Å². The molecule has 2 aromatic carbocycles. The van der Waals surface area contributed by atoms with Crippen LogP contribution in [0.1, 0.15) is 0 Å². The molecule has 0 saturated carbocycles. The lowest BCUT2D eigenvalue weighted by Gasteiger charge is -2.10. The van der Waals surface area contributed by atoms with E-state index in [0.29, 0.717) is 0 Å². The van der Waals surface area contributed by atoms with Crippen molar-refractivity contribution in [2.45, 2.75) is 0 Å². The number of fused-ring (bicyclic) bond motifs is 1. The molecule has 0 aliphatic carbocycles. The second-order valence-corrected chi connectivity index (χ2v) is 5.86. The van der Waals surface area contributed by atoms with E-state index in [0.717, 1.165) is 45.2 Å². The SMILES string of the molecule is Cn1nc2c3c(cc(-c4ccnc(N)n4)cc31)Oc1ccccc1N2. The van der Waals surface area contributed by atoms with Gasteiger partial charge >= 0.3 is 0 Å². The summed E-state index contributed by atoms with van der Waals surface area (Å²) in [6, 6.07) is 13.6. The normalized spacial score (nSPS) is 12.2. The predicted octanol–water partition coefficient (Wildman–Crippen LogP) is 3.46. The number of benzene rings is 2. The van der Waals surface area contributed by atoms with Crippen LogP contribution in [0.25, 0.3) is 22.2 Å². The highest BCUT2D eigenvalue weighted by Gasteiger charge is 2.22. The molecular formula is C18H14N6O. The summed E-state index contributed by atoms with van der Waals surface area (Å²) in [6.45, 7) is 0. The van der Waals surface area contributed by atoms with Crippen LogP contribution in [0.3, 0.4) is 0 Å². The smallest absolute Gasteiger partial charge is 0.220 e. The van der Waals surface area contributed by atoms with E-state index in [2.05, 4.69) is 20.4 Å². The number of hydrogen-bond donors (Lipinski definition) is 2. The molecule has 5 rings (SSSR count). The number of nitrogens with two attached hydrogens (primary N) is 1. The molecule has 0 radical (unpaired) electrons. The van der Waals surface area contributed by atoms with Crippen molar-refractivity contribution in [2.24, 2.45) is 7.05 Å². The first kappa shape index (κ1) is 13.8. The van der Waals surface area contributed by atoms with Gasteiger partial charge in [-0.3, -0.25) is 4.68 Å². The van der Waals surface area contributed by atoms with Crippen LogP contribution in [-0.4, -0.2) is 19.7 Å². The van der Waals surface area contributed by atoms with Gasteiger partial charge in [0, 0.05) is 18.8 Å². The molecule has 0 atom stereocenters. The molecule has 1 aliphatic rings. The zero-order valence-electron chi connectivity index (χ0n) is 13.4. The van der Waals surface area contributed by atoms with Crippen molar-refractivity contribution in [3.63, 3.8) is 0 Å². The highest BCUT2D eigenvalue weighted by molar-refractivity contribution is 6.01. The van der Waals surface area contributed by atoms with Gasteiger partial charge < -0.3 is 15.8 Å². The fourth-order valence-electron chi connectivity index (χ4n) is 3.10. The molecule has 0 saturated heterocycles. The minimum absolute atomic E-state index is 0.238. The number of hydrogen-bond acceptors (Lipinski definition) is 6. The molecule has 25 heavy (non-hydrogen) atoms. The summed E-state index contributed by atoms with van der Waals surface area (Å²) in [7, 11) is 1.91. The van der Waals surface area contributed by atoms with E-state index in [1.54, 1.807) is 6.20 Å². The zero-order valence-corrected chi connectivity index (χ0v) is 13.4. The summed E-state index contributed by atoms with van der Waals surface area (Å²) in [5.74, 6) is 2.49. The monoisotopic (exact) mass is 330 g/mol. The fraction of sp³-hybridized carbons (Fsp3) is 0.0556. The summed E-state index contributed by atoms with van der Waals surface area (Å²) < 4.78 is 8.02. The summed E-state index contributed by atoms with van der Waals surface area (Å²) in [6.07, 6.45) is 1.64. The van der Waals surface area contributed by atoms with Crippen molar-refractivity contribution in [1.82, 2.24) is 19.7 Å². The van der Waals surface area contributed by atoms with Gasteiger partial charge in [0.15, 0.2) is 11.6 Å². The molecule has 0 fully saturated rings. The lowest BCUT2D eigenvalue weighted by molar-refractivity contribution is 0.492. The van der Waals surface area contributed by atoms with E-state index in [4.69, 9.17) is 10.5 Å². The molecule has 4 aromatic rings. The van der Waals surface area contributed by atoms with Crippen LogP contribution in [0.15, 0.2) is 48.7 Å². The van der Waals surface area contributed by atoms with Gasteiger partial charge in [-0.2, -0.15) is 5.10 Å². The van der Waals surface area contributed by atoms with Crippen LogP contribution in [-0.2, 0) is 7.05 Å². The highest BCUT2D eigenvalue weighted by atomic mass is 16.5. The molecular weight excluding hydrogens is 316 g/mol. The van der Waals surface area contributed by atoms with E-state index in [1.807, 2.05) is 54.2 Å². The van der Waals surface area contributed by atoms with Crippen molar-refractivity contribution >= 4 is 28.4 Å². The molecule has 7 heteroatoms. The van der Waals surface area contributed by atoms with Crippen LogP contribution >= 0.6 is 0 Å². The first-order valence-electron chi connectivity index (χ1n) is 7.82. The third-order valence-corrected chi connectivity index (χ3v) is 4.25. The maximum absolute atomic E-state index is 6.19. The van der Waals surface area contributed by atoms with Gasteiger partial charge in [0.25, 0.3) is 0 Å².